The number of nitrogens with one attached hydrogen (secondary N) is 3. The summed E-state index contributed by atoms with van der Waals surface area (Å²) < 4.78 is 0. The van der Waals surface area contributed by atoms with Crippen molar-refractivity contribution in [2.75, 3.05) is 13.1 Å². The van der Waals surface area contributed by atoms with Crippen LogP contribution in [0.25, 0.3) is 0 Å². The number of imide groups is 2. The highest BCUT2D eigenvalue weighted by molar-refractivity contribution is 6.24. The molecule has 2 atom stereocenters. The van der Waals surface area contributed by atoms with Gasteiger partial charge in [0.1, 0.15) is 6.04 Å². The Morgan fingerprint density at radius 3 is 2.77 bits per heavy atom. The van der Waals surface area contributed by atoms with E-state index in [0.29, 0.717) is 17.7 Å². The van der Waals surface area contributed by atoms with E-state index in [2.05, 4.69) is 22.5 Å². The van der Waals surface area contributed by atoms with Gasteiger partial charge in [-0.25, -0.2) is 0 Å². The quantitative estimate of drug-likeness (QED) is 0.475. The Kier molecular flexibility index (Phi) is 5.53. The van der Waals surface area contributed by atoms with Crippen LogP contribution in [0, 0.1) is 0 Å². The van der Waals surface area contributed by atoms with Crippen LogP contribution in [0.3, 0.4) is 0 Å². The minimum atomic E-state index is -0.953. The highest BCUT2D eigenvalue weighted by atomic mass is 16.2. The lowest BCUT2D eigenvalue weighted by Crippen LogP contribution is -2.55. The lowest BCUT2D eigenvalue weighted by atomic mass is 9.86. The minimum Gasteiger partial charge on any atom is -0.315 e. The number of carbonyl (C=O) groups excluding carboxylic acids is 4. The van der Waals surface area contributed by atoms with E-state index in [4.69, 9.17) is 0 Å². The molecular weight excluding hydrogens is 384 g/mol. The van der Waals surface area contributed by atoms with Crippen molar-refractivity contribution < 1.29 is 19.2 Å². The molecule has 4 rings (SSSR count). The molecule has 3 aliphatic heterocycles. The highest BCUT2D eigenvalue weighted by Crippen LogP contribution is 2.30. The first-order valence-electron chi connectivity index (χ1n) is 10.4. The van der Waals surface area contributed by atoms with Crippen LogP contribution in [0.5, 0.6) is 0 Å². The fourth-order valence-electron chi connectivity index (χ4n) is 4.66. The van der Waals surface area contributed by atoms with Gasteiger partial charge >= 0.3 is 0 Å². The molecule has 0 radical (unpaired) electrons. The molecule has 0 aromatic heterocycles. The summed E-state index contributed by atoms with van der Waals surface area (Å²) in [7, 11) is 0. The second-order valence-corrected chi connectivity index (χ2v) is 8.19. The molecule has 158 valence electrons. The monoisotopic (exact) mass is 410 g/mol. The van der Waals surface area contributed by atoms with Crippen LogP contribution in [0.15, 0.2) is 30.9 Å². The van der Waals surface area contributed by atoms with E-state index in [0.717, 1.165) is 42.8 Å². The van der Waals surface area contributed by atoms with E-state index < -0.39 is 23.8 Å². The van der Waals surface area contributed by atoms with E-state index in [1.54, 1.807) is 12.1 Å². The normalized spacial score (nSPS) is 26.5. The van der Waals surface area contributed by atoms with Crippen LogP contribution >= 0.6 is 0 Å². The zero-order valence-corrected chi connectivity index (χ0v) is 16.8. The van der Waals surface area contributed by atoms with Gasteiger partial charge in [-0.05, 0) is 43.9 Å². The maximum absolute atomic E-state index is 13.2. The zero-order chi connectivity index (χ0) is 21.3. The second kappa shape index (κ2) is 8.12. The first-order valence-corrected chi connectivity index (χ1v) is 10.4. The molecule has 0 spiro atoms. The number of fused-ring (bicyclic) bond motifs is 1. The van der Waals surface area contributed by atoms with E-state index in [1.165, 1.54) is 0 Å². The molecule has 0 saturated carbocycles. The summed E-state index contributed by atoms with van der Waals surface area (Å²) in [4.78, 5) is 50.9. The van der Waals surface area contributed by atoms with Crippen LogP contribution in [-0.2, 0) is 16.1 Å². The summed E-state index contributed by atoms with van der Waals surface area (Å²) >= 11 is 0. The van der Waals surface area contributed by atoms with Gasteiger partial charge in [-0.3, -0.25) is 29.4 Å². The van der Waals surface area contributed by atoms with Crippen molar-refractivity contribution in [3.8, 4) is 0 Å². The lowest BCUT2D eigenvalue weighted by molar-refractivity contribution is -0.136. The van der Waals surface area contributed by atoms with Crippen LogP contribution in [0.4, 0.5) is 0 Å². The van der Waals surface area contributed by atoms with Gasteiger partial charge < -0.3 is 10.6 Å². The molecule has 30 heavy (non-hydrogen) atoms. The highest BCUT2D eigenvalue weighted by Gasteiger charge is 2.45. The molecule has 0 bridgehead atoms. The van der Waals surface area contributed by atoms with Gasteiger partial charge in [-0.2, -0.15) is 0 Å². The van der Waals surface area contributed by atoms with E-state index in [9.17, 15) is 19.2 Å². The molecule has 1 aromatic carbocycles. The molecule has 2 saturated heterocycles. The third-order valence-electron chi connectivity index (χ3n) is 6.22. The molecule has 2 unspecified atom stereocenters. The average molecular weight is 410 g/mol. The van der Waals surface area contributed by atoms with Crippen LogP contribution in [0.1, 0.15) is 58.4 Å². The van der Waals surface area contributed by atoms with Gasteiger partial charge in [-0.15, -0.1) is 6.58 Å². The summed E-state index contributed by atoms with van der Waals surface area (Å²) in [6, 6.07) is 4.26. The largest absolute Gasteiger partial charge is 0.315 e. The Morgan fingerprint density at radius 1 is 1.23 bits per heavy atom. The maximum atomic E-state index is 13.2. The topological polar surface area (TPSA) is 108 Å². The number of amides is 4. The number of piperidine rings is 2. The van der Waals surface area contributed by atoms with Crippen molar-refractivity contribution in [2.24, 2.45) is 0 Å². The SMILES string of the molecule is C=CCC1(NCc2cccc3c2C(=O)N(C2CCC(=O)NC2=O)C3=O)CCCNC1. The van der Waals surface area contributed by atoms with E-state index in [-0.39, 0.29) is 24.3 Å². The molecule has 8 heteroatoms. The smallest absolute Gasteiger partial charge is 0.262 e. The Labute approximate surface area is 175 Å². The van der Waals surface area contributed by atoms with Crippen molar-refractivity contribution in [2.45, 2.75) is 50.2 Å². The van der Waals surface area contributed by atoms with Crippen molar-refractivity contribution in [1.29, 1.82) is 0 Å². The summed E-state index contributed by atoms with van der Waals surface area (Å²) in [6.07, 6.45) is 5.00. The summed E-state index contributed by atoms with van der Waals surface area (Å²) in [6.45, 7) is 6.10. The van der Waals surface area contributed by atoms with E-state index >= 15 is 0 Å². The first kappa shape index (κ1) is 20.4. The van der Waals surface area contributed by atoms with Crippen molar-refractivity contribution in [1.82, 2.24) is 20.9 Å². The number of rotatable bonds is 6. The molecule has 3 aliphatic rings. The van der Waals surface area contributed by atoms with Crippen LogP contribution in [0.2, 0.25) is 0 Å². The Hall–Kier alpha value is -2.84. The molecule has 1 aromatic rings. The van der Waals surface area contributed by atoms with Crippen molar-refractivity contribution in [3.05, 3.63) is 47.5 Å². The Morgan fingerprint density at radius 2 is 2.07 bits per heavy atom. The van der Waals surface area contributed by atoms with Crippen LogP contribution < -0.4 is 16.0 Å². The lowest BCUT2D eigenvalue weighted by Gasteiger charge is -2.38. The van der Waals surface area contributed by atoms with Gasteiger partial charge in [0.05, 0.1) is 11.1 Å². The second-order valence-electron chi connectivity index (χ2n) is 8.19. The zero-order valence-electron chi connectivity index (χ0n) is 16.8. The minimum absolute atomic E-state index is 0.106. The predicted octanol–water partition coefficient (Wildman–Crippen LogP) is 0.876. The first-order chi connectivity index (χ1) is 14.5. The number of carbonyl (C=O) groups is 4. The molecule has 3 heterocycles. The third kappa shape index (κ3) is 3.57. The number of nitrogens with zero attached hydrogens (tertiary/aromatic N) is 1. The molecular formula is C22H26N4O4. The predicted molar refractivity (Wildman–Crippen MR) is 110 cm³/mol. The standard InChI is InChI=1S/C22H26N4O4/c1-2-9-22(10-4-11-23-13-22)24-12-14-5-3-6-15-18(14)21(30)26(20(15)29)16-7-8-17(27)25-19(16)28/h2-3,5-6,16,23-24H,1,4,7-13H2,(H,25,27,28). The van der Waals surface area contributed by atoms with Crippen LogP contribution in [-0.4, -0.2) is 53.2 Å². The van der Waals surface area contributed by atoms with Gasteiger partial charge in [-0.1, -0.05) is 18.2 Å². The van der Waals surface area contributed by atoms with Gasteiger partial charge in [0, 0.05) is 25.0 Å². The van der Waals surface area contributed by atoms with Crippen molar-refractivity contribution >= 4 is 23.6 Å². The van der Waals surface area contributed by atoms with E-state index in [1.807, 2.05) is 12.1 Å². The summed E-state index contributed by atoms with van der Waals surface area (Å²) in [5, 5.41) is 9.22. The third-order valence-corrected chi connectivity index (χ3v) is 6.22. The van der Waals surface area contributed by atoms with Gasteiger partial charge in [0.15, 0.2) is 0 Å². The fourth-order valence-corrected chi connectivity index (χ4v) is 4.66. The number of hydrogen-bond acceptors (Lipinski definition) is 6. The molecule has 8 nitrogen and oxygen atoms in total. The molecule has 2 fully saturated rings. The molecule has 3 N–H and O–H groups in total. The maximum Gasteiger partial charge on any atom is 0.262 e. The van der Waals surface area contributed by atoms with Crippen molar-refractivity contribution in [3.63, 3.8) is 0 Å². The summed E-state index contributed by atoms with van der Waals surface area (Å²) in [5.41, 5.74) is 1.24. The fraction of sp³-hybridized carbons (Fsp3) is 0.455. The number of hydrogen-bond donors (Lipinski definition) is 3. The van der Waals surface area contributed by atoms with Gasteiger partial charge in [0.2, 0.25) is 11.8 Å². The summed E-state index contributed by atoms with van der Waals surface area (Å²) in [5.74, 6) is -1.93. The average Bonchev–Trinajstić information content (AvgIpc) is 2.99. The Balaban J connectivity index is 1.58. The number of benzene rings is 1. The Bertz CT molecular complexity index is 920. The molecule has 0 aliphatic carbocycles. The molecule has 4 amide bonds. The van der Waals surface area contributed by atoms with Gasteiger partial charge in [0.25, 0.3) is 11.8 Å².